The number of hydrogen-bond donors (Lipinski definition) is 2. The predicted octanol–water partition coefficient (Wildman–Crippen LogP) is 1.65. The molecule has 2 rings (SSSR count). The standard InChI is InChI=1S/C13H19ClN2O3S/c1-13(5-2-6-19-13)9-16-20(17,18)12-4-3-10(8-15)7-11(12)14/h3-4,7,16H,2,5-6,8-9,15H2,1H3. The van der Waals surface area contributed by atoms with E-state index >= 15 is 0 Å². The zero-order chi connectivity index (χ0) is 14.8. The third-order valence-corrected chi connectivity index (χ3v) is 5.34. The quantitative estimate of drug-likeness (QED) is 0.865. The Morgan fingerprint density at radius 1 is 1.50 bits per heavy atom. The van der Waals surface area contributed by atoms with Gasteiger partial charge in [-0.2, -0.15) is 0 Å². The molecular weight excluding hydrogens is 300 g/mol. The van der Waals surface area contributed by atoms with Gasteiger partial charge in [-0.1, -0.05) is 17.7 Å². The van der Waals surface area contributed by atoms with Crippen LogP contribution in [0.3, 0.4) is 0 Å². The molecule has 0 saturated carbocycles. The molecule has 0 spiro atoms. The average molecular weight is 319 g/mol. The number of halogens is 1. The molecule has 1 atom stereocenters. The molecule has 0 bridgehead atoms. The lowest BCUT2D eigenvalue weighted by Crippen LogP contribution is -2.40. The number of benzene rings is 1. The number of nitrogens with one attached hydrogen (secondary N) is 1. The summed E-state index contributed by atoms with van der Waals surface area (Å²) in [4.78, 5) is 0.0676. The molecule has 1 aliphatic rings. The van der Waals surface area contributed by atoms with E-state index in [-0.39, 0.29) is 16.5 Å². The van der Waals surface area contributed by atoms with Gasteiger partial charge in [0.15, 0.2) is 0 Å². The van der Waals surface area contributed by atoms with Crippen molar-refractivity contribution in [3.05, 3.63) is 28.8 Å². The number of sulfonamides is 1. The average Bonchev–Trinajstić information content (AvgIpc) is 2.84. The fraction of sp³-hybridized carbons (Fsp3) is 0.538. The second-order valence-electron chi connectivity index (χ2n) is 5.20. The van der Waals surface area contributed by atoms with Crippen LogP contribution in [0.1, 0.15) is 25.3 Å². The third kappa shape index (κ3) is 3.51. The van der Waals surface area contributed by atoms with E-state index in [2.05, 4.69) is 4.72 Å². The first kappa shape index (κ1) is 15.7. The summed E-state index contributed by atoms with van der Waals surface area (Å²) in [7, 11) is -3.64. The first-order valence-corrected chi connectivity index (χ1v) is 8.34. The maximum atomic E-state index is 12.3. The van der Waals surface area contributed by atoms with Gasteiger partial charge in [-0.25, -0.2) is 13.1 Å². The molecular formula is C13H19ClN2O3S. The van der Waals surface area contributed by atoms with E-state index in [4.69, 9.17) is 22.1 Å². The van der Waals surface area contributed by atoms with E-state index in [1.54, 1.807) is 12.1 Å². The molecule has 0 amide bonds. The highest BCUT2D eigenvalue weighted by molar-refractivity contribution is 7.89. The molecule has 5 nitrogen and oxygen atoms in total. The summed E-state index contributed by atoms with van der Waals surface area (Å²) in [5, 5.41) is 0.179. The minimum absolute atomic E-state index is 0.0676. The Hall–Kier alpha value is -0.660. The largest absolute Gasteiger partial charge is 0.374 e. The lowest BCUT2D eigenvalue weighted by molar-refractivity contribution is 0.0250. The minimum Gasteiger partial charge on any atom is -0.374 e. The second kappa shape index (κ2) is 5.99. The zero-order valence-corrected chi connectivity index (χ0v) is 12.9. The molecule has 1 aromatic rings. The normalized spacial score (nSPS) is 23.1. The molecule has 1 fully saturated rings. The van der Waals surface area contributed by atoms with Crippen LogP contribution in [0.2, 0.25) is 5.02 Å². The van der Waals surface area contributed by atoms with E-state index in [0.717, 1.165) is 18.4 Å². The molecule has 3 N–H and O–H groups in total. The summed E-state index contributed by atoms with van der Waals surface area (Å²) in [6, 6.07) is 4.71. The van der Waals surface area contributed by atoms with E-state index < -0.39 is 15.6 Å². The van der Waals surface area contributed by atoms with Gasteiger partial charge in [-0.3, -0.25) is 0 Å². The van der Waals surface area contributed by atoms with Gasteiger partial charge < -0.3 is 10.5 Å². The molecule has 7 heteroatoms. The molecule has 20 heavy (non-hydrogen) atoms. The molecule has 1 unspecified atom stereocenters. The molecule has 1 heterocycles. The van der Waals surface area contributed by atoms with Gasteiger partial charge in [0, 0.05) is 19.7 Å². The van der Waals surface area contributed by atoms with Gasteiger partial charge in [-0.05, 0) is 37.5 Å². The summed E-state index contributed by atoms with van der Waals surface area (Å²) in [6.07, 6.45) is 1.79. The van der Waals surface area contributed by atoms with E-state index in [1.165, 1.54) is 6.07 Å². The first-order valence-electron chi connectivity index (χ1n) is 6.48. The van der Waals surface area contributed by atoms with Crippen molar-refractivity contribution in [1.82, 2.24) is 4.72 Å². The summed E-state index contributed by atoms with van der Waals surface area (Å²) < 4.78 is 32.7. The molecule has 1 aliphatic heterocycles. The van der Waals surface area contributed by atoms with E-state index in [9.17, 15) is 8.42 Å². The van der Waals surface area contributed by atoms with Crippen molar-refractivity contribution in [3.63, 3.8) is 0 Å². The van der Waals surface area contributed by atoms with Crippen molar-refractivity contribution >= 4 is 21.6 Å². The predicted molar refractivity (Wildman–Crippen MR) is 78.1 cm³/mol. The lowest BCUT2D eigenvalue weighted by Gasteiger charge is -2.23. The van der Waals surface area contributed by atoms with Crippen molar-refractivity contribution in [3.8, 4) is 0 Å². The summed E-state index contributed by atoms with van der Waals surface area (Å²) in [5.41, 5.74) is 5.85. The Bertz CT molecular complexity index is 583. The van der Waals surface area contributed by atoms with Crippen LogP contribution in [0.15, 0.2) is 23.1 Å². The van der Waals surface area contributed by atoms with Crippen LogP contribution in [0.5, 0.6) is 0 Å². The topological polar surface area (TPSA) is 81.4 Å². The molecule has 0 aromatic heterocycles. The Balaban J connectivity index is 2.14. The van der Waals surface area contributed by atoms with Crippen molar-refractivity contribution < 1.29 is 13.2 Å². The van der Waals surface area contributed by atoms with Crippen molar-refractivity contribution in [2.24, 2.45) is 5.73 Å². The second-order valence-corrected chi connectivity index (χ2v) is 7.34. The molecule has 112 valence electrons. The van der Waals surface area contributed by atoms with Crippen LogP contribution in [0.4, 0.5) is 0 Å². The van der Waals surface area contributed by atoms with Crippen molar-refractivity contribution in [2.45, 2.75) is 36.8 Å². The van der Waals surface area contributed by atoms with Crippen LogP contribution in [0.25, 0.3) is 0 Å². The van der Waals surface area contributed by atoms with Crippen LogP contribution in [0, 0.1) is 0 Å². The monoisotopic (exact) mass is 318 g/mol. The van der Waals surface area contributed by atoms with Gasteiger partial charge >= 0.3 is 0 Å². The van der Waals surface area contributed by atoms with Gasteiger partial charge in [-0.15, -0.1) is 0 Å². The van der Waals surface area contributed by atoms with Crippen LogP contribution < -0.4 is 10.5 Å². The van der Waals surface area contributed by atoms with Crippen LogP contribution in [-0.4, -0.2) is 27.2 Å². The number of rotatable bonds is 5. The van der Waals surface area contributed by atoms with Crippen LogP contribution in [-0.2, 0) is 21.3 Å². The minimum atomic E-state index is -3.64. The Morgan fingerprint density at radius 2 is 2.25 bits per heavy atom. The molecule has 1 saturated heterocycles. The zero-order valence-electron chi connectivity index (χ0n) is 11.4. The maximum absolute atomic E-state index is 12.3. The fourth-order valence-corrected chi connectivity index (χ4v) is 3.91. The smallest absolute Gasteiger partial charge is 0.242 e. The Labute approximate surface area is 124 Å². The third-order valence-electron chi connectivity index (χ3n) is 3.46. The molecule has 0 aliphatic carbocycles. The molecule has 1 aromatic carbocycles. The number of ether oxygens (including phenoxy) is 1. The SMILES string of the molecule is CC1(CNS(=O)(=O)c2ccc(CN)cc2Cl)CCCO1. The highest BCUT2D eigenvalue weighted by Gasteiger charge is 2.31. The summed E-state index contributed by atoms with van der Waals surface area (Å²) in [6.45, 7) is 3.13. The van der Waals surface area contributed by atoms with Crippen molar-refractivity contribution in [1.29, 1.82) is 0 Å². The summed E-state index contributed by atoms with van der Waals surface area (Å²) >= 11 is 6.02. The maximum Gasteiger partial charge on any atom is 0.242 e. The van der Waals surface area contributed by atoms with Gasteiger partial charge in [0.25, 0.3) is 0 Å². The van der Waals surface area contributed by atoms with Gasteiger partial charge in [0.05, 0.1) is 10.6 Å². The van der Waals surface area contributed by atoms with Gasteiger partial charge in [0.2, 0.25) is 10.0 Å². The number of hydrogen-bond acceptors (Lipinski definition) is 4. The Kier molecular flexibility index (Phi) is 4.71. The lowest BCUT2D eigenvalue weighted by atomic mass is 10.0. The first-order chi connectivity index (χ1) is 9.36. The highest BCUT2D eigenvalue weighted by Crippen LogP contribution is 2.26. The highest BCUT2D eigenvalue weighted by atomic mass is 35.5. The fourth-order valence-electron chi connectivity index (χ4n) is 2.19. The summed E-state index contributed by atoms with van der Waals surface area (Å²) in [5.74, 6) is 0. The van der Waals surface area contributed by atoms with Crippen LogP contribution >= 0.6 is 11.6 Å². The van der Waals surface area contributed by atoms with Crippen molar-refractivity contribution in [2.75, 3.05) is 13.2 Å². The van der Waals surface area contributed by atoms with E-state index in [1.807, 2.05) is 6.92 Å². The Morgan fingerprint density at radius 3 is 2.80 bits per heavy atom. The molecule has 0 radical (unpaired) electrons. The van der Waals surface area contributed by atoms with E-state index in [0.29, 0.717) is 13.2 Å². The number of nitrogens with two attached hydrogens (primary N) is 1. The van der Waals surface area contributed by atoms with Gasteiger partial charge in [0.1, 0.15) is 4.90 Å².